The zero-order chi connectivity index (χ0) is 19.5. The molecule has 0 radical (unpaired) electrons. The third-order valence-corrected chi connectivity index (χ3v) is 4.66. The molecular weight excluding hydrogens is 358 g/mol. The van der Waals surface area contributed by atoms with Gasteiger partial charge in [-0.15, -0.1) is 0 Å². The normalized spacial score (nSPS) is 14.9. The van der Waals surface area contributed by atoms with Gasteiger partial charge in [0.1, 0.15) is 13.2 Å². The lowest BCUT2D eigenvalue weighted by Crippen LogP contribution is -2.31. The van der Waals surface area contributed by atoms with Crippen molar-refractivity contribution in [1.29, 1.82) is 0 Å². The number of carbonyl (C=O) groups excluding carboxylic acids is 2. The van der Waals surface area contributed by atoms with E-state index in [4.69, 9.17) is 9.47 Å². The van der Waals surface area contributed by atoms with E-state index in [9.17, 15) is 9.59 Å². The number of fused-ring (bicyclic) bond motifs is 1. The minimum atomic E-state index is -0.255. The summed E-state index contributed by atoms with van der Waals surface area (Å²) >= 11 is 0. The van der Waals surface area contributed by atoms with Gasteiger partial charge in [-0.3, -0.25) is 4.79 Å². The molecule has 28 heavy (non-hydrogen) atoms. The van der Waals surface area contributed by atoms with Gasteiger partial charge in [-0.2, -0.15) is 0 Å². The van der Waals surface area contributed by atoms with E-state index in [-0.39, 0.29) is 11.9 Å². The molecule has 0 unspecified atom stereocenters. The molecule has 1 saturated carbocycles. The Balaban J connectivity index is 1.37. The predicted molar refractivity (Wildman–Crippen MR) is 105 cm³/mol. The molecule has 2 aromatic rings. The molecule has 2 aliphatic rings. The van der Waals surface area contributed by atoms with E-state index in [0.717, 1.165) is 24.2 Å². The molecule has 3 amide bonds. The summed E-state index contributed by atoms with van der Waals surface area (Å²) in [6, 6.07) is 12.7. The average molecular weight is 381 g/mol. The van der Waals surface area contributed by atoms with Gasteiger partial charge in [-0.1, -0.05) is 12.1 Å². The molecule has 7 nitrogen and oxygen atoms in total. The van der Waals surface area contributed by atoms with Crippen LogP contribution in [0.25, 0.3) is 0 Å². The topological polar surface area (TPSA) is 79.9 Å². The lowest BCUT2D eigenvalue weighted by molar-refractivity contribution is 0.0951. The van der Waals surface area contributed by atoms with Crippen LogP contribution in [0.15, 0.2) is 42.5 Å². The van der Waals surface area contributed by atoms with Crippen LogP contribution in [-0.2, 0) is 6.54 Å². The summed E-state index contributed by atoms with van der Waals surface area (Å²) in [6.45, 7) is 1.49. The quantitative estimate of drug-likeness (QED) is 0.834. The number of amides is 3. The summed E-state index contributed by atoms with van der Waals surface area (Å²) in [6.07, 6.45) is 2.07. The number of nitrogens with zero attached hydrogens (tertiary/aromatic N) is 1. The van der Waals surface area contributed by atoms with E-state index in [1.807, 2.05) is 18.2 Å². The van der Waals surface area contributed by atoms with Crippen molar-refractivity contribution in [1.82, 2.24) is 10.2 Å². The molecular formula is C21H23N3O4. The highest BCUT2D eigenvalue weighted by atomic mass is 16.6. The van der Waals surface area contributed by atoms with E-state index in [1.165, 1.54) is 0 Å². The van der Waals surface area contributed by atoms with E-state index in [1.54, 1.807) is 36.2 Å². The van der Waals surface area contributed by atoms with Crippen molar-refractivity contribution >= 4 is 17.6 Å². The van der Waals surface area contributed by atoms with Gasteiger partial charge in [0, 0.05) is 30.9 Å². The molecule has 0 bridgehead atoms. The number of anilines is 1. The number of urea groups is 1. The summed E-state index contributed by atoms with van der Waals surface area (Å²) < 4.78 is 11.1. The lowest BCUT2D eigenvalue weighted by atomic mass is 10.2. The smallest absolute Gasteiger partial charge is 0.321 e. The van der Waals surface area contributed by atoms with Crippen LogP contribution in [-0.4, -0.2) is 43.1 Å². The van der Waals surface area contributed by atoms with Crippen molar-refractivity contribution in [3.05, 3.63) is 53.6 Å². The Morgan fingerprint density at radius 1 is 1.07 bits per heavy atom. The van der Waals surface area contributed by atoms with Gasteiger partial charge in [0.25, 0.3) is 5.91 Å². The van der Waals surface area contributed by atoms with E-state index >= 15 is 0 Å². The molecule has 0 aromatic heterocycles. The maximum absolute atomic E-state index is 12.5. The van der Waals surface area contributed by atoms with Gasteiger partial charge in [-0.25, -0.2) is 4.79 Å². The fourth-order valence-corrected chi connectivity index (χ4v) is 2.99. The molecule has 146 valence electrons. The number of nitrogens with one attached hydrogen (secondary N) is 2. The third kappa shape index (κ3) is 4.36. The number of benzene rings is 2. The Labute approximate surface area is 163 Å². The highest BCUT2D eigenvalue weighted by Crippen LogP contribution is 2.31. The summed E-state index contributed by atoms with van der Waals surface area (Å²) in [5.41, 5.74) is 2.07. The first-order valence-corrected chi connectivity index (χ1v) is 9.40. The molecule has 0 saturated heterocycles. The zero-order valence-corrected chi connectivity index (χ0v) is 15.7. The van der Waals surface area contributed by atoms with Crippen LogP contribution in [0.3, 0.4) is 0 Å². The Hall–Kier alpha value is -3.22. The van der Waals surface area contributed by atoms with Crippen LogP contribution in [0, 0.1) is 0 Å². The second-order valence-corrected chi connectivity index (χ2v) is 7.09. The second-order valence-electron chi connectivity index (χ2n) is 7.09. The maximum Gasteiger partial charge on any atom is 0.321 e. The zero-order valence-electron chi connectivity index (χ0n) is 15.7. The number of hydrogen-bond donors (Lipinski definition) is 2. The summed E-state index contributed by atoms with van der Waals surface area (Å²) in [5, 5.41) is 5.79. The minimum Gasteiger partial charge on any atom is -0.486 e. The lowest BCUT2D eigenvalue weighted by Gasteiger charge is -2.21. The standard InChI is InChI=1S/C21H23N3O4/c1-24(13-14-5-8-18-19(11-14)28-10-9-27-18)21(26)23-17-4-2-3-15(12-17)20(25)22-16-6-7-16/h2-5,8,11-12,16H,6-7,9-10,13H2,1H3,(H,22,25)(H,23,26). The second kappa shape index (κ2) is 7.80. The molecule has 7 heteroatoms. The van der Waals surface area contributed by atoms with Crippen LogP contribution in [0.4, 0.5) is 10.5 Å². The van der Waals surface area contributed by atoms with Crippen molar-refractivity contribution in [3.63, 3.8) is 0 Å². The highest BCUT2D eigenvalue weighted by molar-refractivity contribution is 5.97. The van der Waals surface area contributed by atoms with Crippen LogP contribution in [0.2, 0.25) is 0 Å². The van der Waals surface area contributed by atoms with Gasteiger partial charge in [-0.05, 0) is 48.7 Å². The first-order valence-electron chi connectivity index (χ1n) is 9.40. The molecule has 2 aromatic carbocycles. The minimum absolute atomic E-state index is 0.108. The molecule has 1 aliphatic carbocycles. The van der Waals surface area contributed by atoms with Crippen molar-refractivity contribution in [2.24, 2.45) is 0 Å². The molecule has 4 rings (SSSR count). The monoisotopic (exact) mass is 381 g/mol. The van der Waals surface area contributed by atoms with Crippen molar-refractivity contribution in [2.75, 3.05) is 25.6 Å². The fourth-order valence-electron chi connectivity index (χ4n) is 2.99. The van der Waals surface area contributed by atoms with E-state index < -0.39 is 0 Å². The molecule has 1 fully saturated rings. The highest BCUT2D eigenvalue weighted by Gasteiger charge is 2.24. The number of carbonyl (C=O) groups is 2. The molecule has 1 heterocycles. The number of ether oxygens (including phenoxy) is 2. The largest absolute Gasteiger partial charge is 0.486 e. The van der Waals surface area contributed by atoms with Crippen molar-refractivity contribution in [3.8, 4) is 11.5 Å². The van der Waals surface area contributed by atoms with Crippen LogP contribution < -0.4 is 20.1 Å². The molecule has 0 atom stereocenters. The Morgan fingerprint density at radius 2 is 1.86 bits per heavy atom. The molecule has 1 aliphatic heterocycles. The van der Waals surface area contributed by atoms with Crippen molar-refractivity contribution in [2.45, 2.75) is 25.4 Å². The SMILES string of the molecule is CN(Cc1ccc2c(c1)OCCO2)C(=O)Nc1cccc(C(=O)NC2CC2)c1. The summed E-state index contributed by atoms with van der Waals surface area (Å²) in [5.74, 6) is 1.32. The summed E-state index contributed by atoms with van der Waals surface area (Å²) in [7, 11) is 1.72. The average Bonchev–Trinajstić information content (AvgIpc) is 3.52. The third-order valence-electron chi connectivity index (χ3n) is 4.66. The van der Waals surface area contributed by atoms with Gasteiger partial charge in [0.15, 0.2) is 11.5 Å². The van der Waals surface area contributed by atoms with Crippen LogP contribution in [0.1, 0.15) is 28.8 Å². The van der Waals surface area contributed by atoms with E-state index in [0.29, 0.717) is 42.8 Å². The molecule has 0 spiro atoms. The summed E-state index contributed by atoms with van der Waals surface area (Å²) in [4.78, 5) is 26.3. The van der Waals surface area contributed by atoms with Crippen LogP contribution >= 0.6 is 0 Å². The number of rotatable bonds is 5. The van der Waals surface area contributed by atoms with Gasteiger partial charge in [0.2, 0.25) is 0 Å². The maximum atomic E-state index is 12.5. The van der Waals surface area contributed by atoms with Gasteiger partial charge < -0.3 is 25.0 Å². The first-order chi connectivity index (χ1) is 13.6. The number of hydrogen-bond acceptors (Lipinski definition) is 4. The van der Waals surface area contributed by atoms with Gasteiger partial charge >= 0.3 is 6.03 Å². The first kappa shape index (κ1) is 18.2. The van der Waals surface area contributed by atoms with Gasteiger partial charge in [0.05, 0.1) is 0 Å². The Bertz CT molecular complexity index is 895. The van der Waals surface area contributed by atoms with Crippen LogP contribution in [0.5, 0.6) is 11.5 Å². The Morgan fingerprint density at radius 3 is 2.64 bits per heavy atom. The van der Waals surface area contributed by atoms with E-state index in [2.05, 4.69) is 10.6 Å². The van der Waals surface area contributed by atoms with Crippen molar-refractivity contribution < 1.29 is 19.1 Å². The predicted octanol–water partition coefficient (Wildman–Crippen LogP) is 3.01. The Kier molecular flexibility index (Phi) is 5.06. The fraction of sp³-hybridized carbons (Fsp3) is 0.333. The molecule has 2 N–H and O–H groups in total.